The van der Waals surface area contributed by atoms with Gasteiger partial charge in [0.1, 0.15) is 0 Å². The summed E-state index contributed by atoms with van der Waals surface area (Å²) in [6.07, 6.45) is 1.66. The number of allylic oxidation sites excluding steroid dienone is 1. The lowest BCUT2D eigenvalue weighted by Gasteiger charge is -2.30. The molecule has 0 amide bonds. The Kier molecular flexibility index (Phi) is 9.19. The van der Waals surface area contributed by atoms with Crippen LogP contribution in [0.3, 0.4) is 0 Å². The zero-order valence-electron chi connectivity index (χ0n) is 38.8. The fraction of sp³-hybridized carbons (Fsp3) is 0.0588. The van der Waals surface area contributed by atoms with E-state index in [0.29, 0.717) is 0 Å². The molecular weight excluding hydrogens is 845 g/mol. The monoisotopic (exact) mass is 890 g/mol. The number of amidine groups is 1. The molecule has 2 nitrogen and oxygen atoms in total. The van der Waals surface area contributed by atoms with Crippen LogP contribution < -0.4 is 0 Å². The summed E-state index contributed by atoms with van der Waals surface area (Å²) in [6, 6.07) is 87.2. The van der Waals surface area contributed by atoms with Gasteiger partial charge in [0.2, 0.25) is 0 Å². The van der Waals surface area contributed by atoms with Crippen molar-refractivity contribution in [2.24, 2.45) is 9.98 Å². The molecule has 0 fully saturated rings. The summed E-state index contributed by atoms with van der Waals surface area (Å²) in [5.74, 6) is 0.729. The third kappa shape index (κ3) is 6.06. The Bertz CT molecular complexity index is 4000. The minimum absolute atomic E-state index is 0.372. The Morgan fingerprint density at radius 1 is 0.314 bits per heavy atom. The lowest BCUT2D eigenvalue weighted by atomic mass is 9.70. The highest BCUT2D eigenvalue weighted by Crippen LogP contribution is 2.63. The summed E-state index contributed by atoms with van der Waals surface area (Å²) in [5.41, 5.74) is 21.7. The molecule has 0 saturated carbocycles. The first-order valence-electron chi connectivity index (χ1n) is 24.5. The quantitative estimate of drug-likeness (QED) is 0.154. The van der Waals surface area contributed by atoms with Gasteiger partial charge in [0.25, 0.3) is 0 Å². The first kappa shape index (κ1) is 40.4. The Hall–Kier alpha value is -8.72. The molecule has 11 aromatic rings. The van der Waals surface area contributed by atoms with Gasteiger partial charge in [-0.05, 0) is 142 Å². The fourth-order valence-electron chi connectivity index (χ4n) is 12.2. The number of benzene rings is 11. The normalized spacial score (nSPS) is 17.0. The van der Waals surface area contributed by atoms with Gasteiger partial charge in [-0.1, -0.05) is 224 Å². The fourth-order valence-corrected chi connectivity index (χ4v) is 12.2. The van der Waals surface area contributed by atoms with Gasteiger partial charge in [0.05, 0.1) is 16.8 Å². The predicted octanol–water partition coefficient (Wildman–Crippen LogP) is 17.3. The van der Waals surface area contributed by atoms with Gasteiger partial charge in [0.15, 0.2) is 5.84 Å². The second-order valence-electron chi connectivity index (χ2n) is 19.1. The average Bonchev–Trinajstić information content (AvgIpc) is 3.89. The summed E-state index contributed by atoms with van der Waals surface area (Å²) < 4.78 is 0. The molecule has 0 bridgehead atoms. The smallest absolute Gasteiger partial charge is 0.160 e. The van der Waals surface area contributed by atoms with Crippen LogP contribution in [-0.4, -0.2) is 11.5 Å². The van der Waals surface area contributed by atoms with E-state index >= 15 is 0 Å². The van der Waals surface area contributed by atoms with Crippen molar-refractivity contribution >= 4 is 49.6 Å². The first-order chi connectivity index (χ1) is 34.6. The third-order valence-corrected chi connectivity index (χ3v) is 15.4. The highest BCUT2D eigenvalue weighted by atomic mass is 14.9. The molecule has 1 aliphatic heterocycles. The van der Waals surface area contributed by atoms with E-state index in [-0.39, 0.29) is 5.41 Å². The predicted molar refractivity (Wildman–Crippen MR) is 294 cm³/mol. The molecular formula is C68H46N2. The summed E-state index contributed by atoms with van der Waals surface area (Å²) >= 11 is 0. The van der Waals surface area contributed by atoms with E-state index in [4.69, 9.17) is 9.98 Å². The van der Waals surface area contributed by atoms with Crippen LogP contribution in [0.15, 0.2) is 252 Å². The van der Waals surface area contributed by atoms with Gasteiger partial charge in [-0.25, -0.2) is 9.98 Å². The van der Waals surface area contributed by atoms with Crippen LogP contribution in [0.25, 0.3) is 82.5 Å². The Morgan fingerprint density at radius 3 is 1.49 bits per heavy atom. The number of rotatable bonds is 5. The third-order valence-electron chi connectivity index (χ3n) is 15.4. The molecule has 14 rings (SSSR count). The summed E-state index contributed by atoms with van der Waals surface area (Å²) in [5, 5.41) is 7.47. The van der Waals surface area contributed by atoms with Gasteiger partial charge >= 0.3 is 0 Å². The van der Waals surface area contributed by atoms with Crippen molar-refractivity contribution < 1.29 is 0 Å². The van der Waals surface area contributed by atoms with Crippen molar-refractivity contribution in [2.75, 3.05) is 0 Å². The first-order valence-corrected chi connectivity index (χ1v) is 24.5. The lowest BCUT2D eigenvalue weighted by molar-refractivity contribution is 0.794. The maximum Gasteiger partial charge on any atom is 0.160 e. The van der Waals surface area contributed by atoms with Crippen LogP contribution in [-0.2, 0) is 5.41 Å². The molecule has 3 aliphatic rings. The minimum atomic E-state index is -0.372. The second kappa shape index (κ2) is 15.9. The number of hydrogen-bond donors (Lipinski definition) is 0. The standard InChI is InChI=1S/C68H46N2/c1-43-31-40-64(46-34-32-45(33-35-46)44-17-4-2-5-18-44)69-67(47-19-6-3-7-20-47)70-66(43)49-36-38-57-58(42-49)52-22-9-8-21-51(52)56-27-16-26-50(65(56)57)48-37-39-63-59(41-48)55-25-12-15-30-62(55)68(63)60-28-13-10-23-53(60)54-24-11-14-29-61(54)68/h2-30,32-39,41-42H,31,40H2,1H3/b66-43+,69-64+,70-67-. The summed E-state index contributed by atoms with van der Waals surface area (Å²) in [4.78, 5) is 10.9. The maximum atomic E-state index is 5.53. The topological polar surface area (TPSA) is 24.7 Å². The van der Waals surface area contributed by atoms with Crippen LogP contribution in [0.4, 0.5) is 0 Å². The molecule has 0 radical (unpaired) electrons. The molecule has 1 heterocycles. The molecule has 0 unspecified atom stereocenters. The Morgan fingerprint density at radius 2 is 0.800 bits per heavy atom. The van der Waals surface area contributed by atoms with Crippen molar-refractivity contribution in [2.45, 2.75) is 25.2 Å². The Balaban J connectivity index is 0.928. The van der Waals surface area contributed by atoms with Crippen molar-refractivity contribution in [1.29, 1.82) is 0 Å². The zero-order valence-corrected chi connectivity index (χ0v) is 38.8. The van der Waals surface area contributed by atoms with Crippen LogP contribution in [0.1, 0.15) is 58.7 Å². The van der Waals surface area contributed by atoms with E-state index in [1.54, 1.807) is 0 Å². The van der Waals surface area contributed by atoms with Gasteiger partial charge < -0.3 is 0 Å². The van der Waals surface area contributed by atoms with Gasteiger partial charge in [-0.3, -0.25) is 0 Å². The van der Waals surface area contributed by atoms with Crippen LogP contribution in [0.2, 0.25) is 0 Å². The minimum Gasteiger partial charge on any atom is -0.232 e. The molecule has 0 N–H and O–H groups in total. The van der Waals surface area contributed by atoms with Crippen molar-refractivity contribution in [1.82, 2.24) is 0 Å². The molecule has 0 atom stereocenters. The van der Waals surface area contributed by atoms with Gasteiger partial charge in [0, 0.05) is 11.1 Å². The van der Waals surface area contributed by atoms with E-state index in [0.717, 1.165) is 46.8 Å². The molecule has 0 aromatic heterocycles. The highest BCUT2D eigenvalue weighted by Gasteiger charge is 2.51. The summed E-state index contributed by atoms with van der Waals surface area (Å²) in [6.45, 7) is 2.25. The second-order valence-corrected chi connectivity index (χ2v) is 19.1. The summed E-state index contributed by atoms with van der Waals surface area (Å²) in [7, 11) is 0. The van der Waals surface area contributed by atoms with E-state index in [9.17, 15) is 0 Å². The van der Waals surface area contributed by atoms with Crippen molar-refractivity contribution in [3.63, 3.8) is 0 Å². The lowest BCUT2D eigenvalue weighted by Crippen LogP contribution is -2.25. The molecule has 328 valence electrons. The zero-order chi connectivity index (χ0) is 46.3. The van der Waals surface area contributed by atoms with E-state index < -0.39 is 0 Å². The van der Waals surface area contributed by atoms with Crippen molar-refractivity contribution in [3.8, 4) is 44.5 Å². The molecule has 0 saturated heterocycles. The maximum absolute atomic E-state index is 5.53. The average molecular weight is 891 g/mol. The molecule has 2 heteroatoms. The van der Waals surface area contributed by atoms with Crippen LogP contribution >= 0.6 is 0 Å². The van der Waals surface area contributed by atoms with Gasteiger partial charge in [-0.2, -0.15) is 0 Å². The SMILES string of the molecule is C\C1=C(c2ccc3c(c2)c2ccccc2c2cccc(-c4ccc5c(c4)-c4ccccc4C54c5ccccc5-c5ccccc54)c23)/N=C(c2ccccc2)\N=C(\c2ccc(-c3ccccc3)cc2)CC1. The van der Waals surface area contributed by atoms with Crippen molar-refractivity contribution in [3.05, 3.63) is 281 Å². The van der Waals surface area contributed by atoms with Gasteiger partial charge in [-0.15, -0.1) is 0 Å². The largest absolute Gasteiger partial charge is 0.232 e. The molecule has 11 aromatic carbocycles. The number of aliphatic imine (C=N–C) groups is 2. The number of hydrogen-bond acceptors (Lipinski definition) is 2. The van der Waals surface area contributed by atoms with Crippen LogP contribution in [0, 0.1) is 0 Å². The highest BCUT2D eigenvalue weighted by molar-refractivity contribution is 6.29. The molecule has 70 heavy (non-hydrogen) atoms. The van der Waals surface area contributed by atoms with E-state index in [1.807, 2.05) is 0 Å². The number of nitrogens with zero attached hydrogens (tertiary/aromatic N) is 2. The van der Waals surface area contributed by atoms with Crippen LogP contribution in [0.5, 0.6) is 0 Å². The molecule has 2 aliphatic carbocycles. The Labute approximate surface area is 408 Å². The molecule has 1 spiro atoms. The van der Waals surface area contributed by atoms with E-state index in [2.05, 4.69) is 244 Å². The number of fused-ring (bicyclic) bond motifs is 16. The van der Waals surface area contributed by atoms with E-state index in [1.165, 1.54) is 105 Å².